The highest BCUT2D eigenvalue weighted by atomic mass is 32.2. The Labute approximate surface area is 107 Å². The van der Waals surface area contributed by atoms with Gasteiger partial charge in [0.25, 0.3) is 0 Å². The van der Waals surface area contributed by atoms with E-state index in [-0.39, 0.29) is 0 Å². The van der Waals surface area contributed by atoms with Gasteiger partial charge in [-0.1, -0.05) is 51.5 Å². The predicted octanol–water partition coefficient (Wildman–Crippen LogP) is 5.83. The average molecular weight is 242 g/mol. The van der Waals surface area contributed by atoms with Crippen LogP contribution in [0.3, 0.4) is 0 Å². The molecule has 96 valence electrons. The van der Waals surface area contributed by atoms with Crippen LogP contribution in [0.25, 0.3) is 0 Å². The Morgan fingerprint density at radius 3 is 1.94 bits per heavy atom. The van der Waals surface area contributed by atoms with Gasteiger partial charge in [-0.25, -0.2) is 0 Å². The highest BCUT2D eigenvalue weighted by Crippen LogP contribution is 2.12. The molecule has 0 aliphatic carbocycles. The second-order valence-electron chi connectivity index (χ2n) is 4.52. The van der Waals surface area contributed by atoms with Crippen LogP contribution in [0.5, 0.6) is 0 Å². The molecule has 0 bridgehead atoms. The van der Waals surface area contributed by atoms with Crippen molar-refractivity contribution in [3.05, 3.63) is 12.7 Å². The van der Waals surface area contributed by atoms with Gasteiger partial charge in [-0.2, -0.15) is 11.8 Å². The van der Waals surface area contributed by atoms with Gasteiger partial charge in [0, 0.05) is 0 Å². The fraction of sp³-hybridized carbons (Fsp3) is 0.867. The van der Waals surface area contributed by atoms with Crippen molar-refractivity contribution >= 4 is 11.8 Å². The quantitative estimate of drug-likeness (QED) is 0.289. The molecule has 0 spiro atoms. The lowest BCUT2D eigenvalue weighted by molar-refractivity contribution is 0.658. The smallest absolute Gasteiger partial charge is 0.00675 e. The summed E-state index contributed by atoms with van der Waals surface area (Å²) in [5.74, 6) is 2.76. The van der Waals surface area contributed by atoms with Crippen LogP contribution in [0.2, 0.25) is 0 Å². The molecule has 0 fully saturated rings. The Morgan fingerprint density at radius 1 is 0.812 bits per heavy atom. The summed E-state index contributed by atoms with van der Waals surface area (Å²) in [5, 5.41) is 0. The molecule has 0 aromatic rings. The molecule has 0 aliphatic heterocycles. The van der Waals surface area contributed by atoms with Gasteiger partial charge in [0.1, 0.15) is 0 Å². The van der Waals surface area contributed by atoms with Crippen LogP contribution in [0.1, 0.15) is 71.1 Å². The van der Waals surface area contributed by atoms with Crippen molar-refractivity contribution in [3.8, 4) is 0 Å². The van der Waals surface area contributed by atoms with E-state index in [1.807, 2.05) is 6.08 Å². The third-order valence-electron chi connectivity index (χ3n) is 2.84. The molecule has 0 saturated heterocycles. The van der Waals surface area contributed by atoms with Crippen LogP contribution in [0.4, 0.5) is 0 Å². The van der Waals surface area contributed by atoms with E-state index in [1.54, 1.807) is 0 Å². The lowest BCUT2D eigenvalue weighted by Gasteiger charge is -2.02. The summed E-state index contributed by atoms with van der Waals surface area (Å²) in [4.78, 5) is 0. The molecular formula is C15H30S. The number of allylic oxidation sites excluding steroid dienone is 1. The molecule has 0 saturated carbocycles. The molecule has 0 radical (unpaired) electrons. The minimum absolute atomic E-state index is 1.20. The maximum atomic E-state index is 3.75. The summed E-state index contributed by atoms with van der Waals surface area (Å²) in [6, 6.07) is 0. The molecule has 0 nitrogen and oxygen atoms in total. The largest absolute Gasteiger partial charge is 0.162 e. The summed E-state index contributed by atoms with van der Waals surface area (Å²) >= 11 is 2.15. The van der Waals surface area contributed by atoms with Crippen molar-refractivity contribution in [3.63, 3.8) is 0 Å². The number of unbranched alkanes of at least 4 members (excludes halogenated alkanes) is 8. The summed E-state index contributed by atoms with van der Waals surface area (Å²) in [7, 11) is 0. The molecule has 0 aromatic heterocycles. The molecule has 0 amide bonds. The molecule has 0 heterocycles. The Balaban J connectivity index is 2.85. The zero-order chi connectivity index (χ0) is 11.9. The third-order valence-corrected chi connectivity index (χ3v) is 3.99. The highest BCUT2D eigenvalue weighted by molar-refractivity contribution is 7.99. The van der Waals surface area contributed by atoms with Gasteiger partial charge >= 0.3 is 0 Å². The Bertz CT molecular complexity index is 131. The van der Waals surface area contributed by atoms with E-state index in [4.69, 9.17) is 0 Å². The van der Waals surface area contributed by atoms with Crippen LogP contribution < -0.4 is 0 Å². The van der Waals surface area contributed by atoms with Crippen LogP contribution in [0.15, 0.2) is 12.7 Å². The summed E-state index contributed by atoms with van der Waals surface area (Å²) in [5.41, 5.74) is 0. The summed E-state index contributed by atoms with van der Waals surface area (Å²) < 4.78 is 0. The molecule has 0 aromatic carbocycles. The van der Waals surface area contributed by atoms with E-state index >= 15 is 0 Å². The maximum absolute atomic E-state index is 3.75. The first-order chi connectivity index (χ1) is 7.91. The monoisotopic (exact) mass is 242 g/mol. The second-order valence-corrected chi connectivity index (χ2v) is 5.74. The number of rotatable bonds is 13. The van der Waals surface area contributed by atoms with Gasteiger partial charge in [-0.3, -0.25) is 0 Å². The van der Waals surface area contributed by atoms with Gasteiger partial charge in [0.15, 0.2) is 0 Å². The van der Waals surface area contributed by atoms with Crippen molar-refractivity contribution in [2.45, 2.75) is 71.1 Å². The van der Waals surface area contributed by atoms with Gasteiger partial charge < -0.3 is 0 Å². The summed E-state index contributed by atoms with van der Waals surface area (Å²) in [6.45, 7) is 6.02. The van der Waals surface area contributed by atoms with E-state index in [1.165, 1.54) is 75.7 Å². The molecule has 1 heteroatoms. The zero-order valence-electron chi connectivity index (χ0n) is 11.2. The van der Waals surface area contributed by atoms with Crippen molar-refractivity contribution in [1.82, 2.24) is 0 Å². The van der Waals surface area contributed by atoms with Crippen LogP contribution in [-0.2, 0) is 0 Å². The first-order valence-corrected chi connectivity index (χ1v) is 8.26. The van der Waals surface area contributed by atoms with Gasteiger partial charge in [-0.15, -0.1) is 6.58 Å². The normalized spacial score (nSPS) is 10.6. The Hall–Kier alpha value is 0.0900. The molecule has 16 heavy (non-hydrogen) atoms. The van der Waals surface area contributed by atoms with E-state index in [9.17, 15) is 0 Å². The standard InChI is InChI=1S/C15H30S/c1-3-5-7-9-11-13-15-16-14-12-10-8-6-4-2/h3H,1,4-15H2,2H3. The highest BCUT2D eigenvalue weighted by Gasteiger charge is 1.92. The number of thioether (sulfide) groups is 1. The first kappa shape index (κ1) is 16.1. The zero-order valence-corrected chi connectivity index (χ0v) is 12.0. The van der Waals surface area contributed by atoms with Crippen LogP contribution >= 0.6 is 11.8 Å². The SMILES string of the molecule is C=CCCCCCCSCCCCCCC. The number of hydrogen-bond acceptors (Lipinski definition) is 1. The fourth-order valence-corrected chi connectivity index (χ4v) is 2.78. The molecule has 0 rings (SSSR count). The molecule has 0 N–H and O–H groups in total. The van der Waals surface area contributed by atoms with Gasteiger partial charge in [-0.05, 0) is 37.2 Å². The minimum atomic E-state index is 1.20. The van der Waals surface area contributed by atoms with Gasteiger partial charge in [0.05, 0.1) is 0 Å². The van der Waals surface area contributed by atoms with Crippen molar-refractivity contribution in [1.29, 1.82) is 0 Å². The van der Waals surface area contributed by atoms with E-state index < -0.39 is 0 Å². The van der Waals surface area contributed by atoms with Crippen molar-refractivity contribution in [2.75, 3.05) is 11.5 Å². The van der Waals surface area contributed by atoms with Crippen molar-refractivity contribution in [2.24, 2.45) is 0 Å². The lowest BCUT2D eigenvalue weighted by atomic mass is 10.2. The molecule has 0 atom stereocenters. The summed E-state index contributed by atoms with van der Waals surface area (Å²) in [6.07, 6.45) is 15.9. The fourth-order valence-electron chi connectivity index (χ4n) is 1.76. The van der Waals surface area contributed by atoms with Crippen LogP contribution in [-0.4, -0.2) is 11.5 Å². The van der Waals surface area contributed by atoms with E-state index in [0.29, 0.717) is 0 Å². The Morgan fingerprint density at radius 2 is 1.38 bits per heavy atom. The number of hydrogen-bond donors (Lipinski definition) is 0. The van der Waals surface area contributed by atoms with Crippen molar-refractivity contribution < 1.29 is 0 Å². The Kier molecular flexibility index (Phi) is 15.2. The topological polar surface area (TPSA) is 0 Å². The van der Waals surface area contributed by atoms with Gasteiger partial charge in [0.2, 0.25) is 0 Å². The lowest BCUT2D eigenvalue weighted by Crippen LogP contribution is -1.86. The molecular weight excluding hydrogens is 212 g/mol. The predicted molar refractivity (Wildman–Crippen MR) is 79.4 cm³/mol. The minimum Gasteiger partial charge on any atom is -0.162 e. The van der Waals surface area contributed by atoms with E-state index in [2.05, 4.69) is 25.3 Å². The molecule has 0 unspecified atom stereocenters. The maximum Gasteiger partial charge on any atom is -0.00675 e. The van der Waals surface area contributed by atoms with E-state index in [0.717, 1.165) is 0 Å². The average Bonchev–Trinajstić information content (AvgIpc) is 2.31. The second kappa shape index (κ2) is 15.1. The molecule has 0 aliphatic rings. The van der Waals surface area contributed by atoms with Crippen LogP contribution in [0, 0.1) is 0 Å². The first-order valence-electron chi connectivity index (χ1n) is 7.10. The third kappa shape index (κ3) is 14.1.